The predicted molar refractivity (Wildman–Crippen MR) is 84.5 cm³/mol. The average molecular weight is 326 g/mol. The Bertz CT molecular complexity index is 574. The summed E-state index contributed by atoms with van der Waals surface area (Å²) in [5.74, 6) is -0.248. The van der Waals surface area contributed by atoms with Crippen molar-refractivity contribution in [3.8, 4) is 0 Å². The van der Waals surface area contributed by atoms with Crippen molar-refractivity contribution in [2.24, 2.45) is 0 Å². The van der Waals surface area contributed by atoms with Gasteiger partial charge in [0.25, 0.3) is 0 Å². The summed E-state index contributed by atoms with van der Waals surface area (Å²) in [6, 6.07) is 4.27. The van der Waals surface area contributed by atoms with Gasteiger partial charge in [-0.1, -0.05) is 6.07 Å². The van der Waals surface area contributed by atoms with E-state index in [4.69, 9.17) is 4.74 Å². The van der Waals surface area contributed by atoms with Gasteiger partial charge in [-0.3, -0.25) is 9.59 Å². The molecule has 2 amide bonds. The number of carbonyl (C=O) groups is 2. The number of rotatable bonds is 4. The van der Waals surface area contributed by atoms with Crippen LogP contribution in [0.3, 0.4) is 0 Å². The molecule has 7 heteroatoms. The molecule has 0 bridgehead atoms. The van der Waals surface area contributed by atoms with Crippen molar-refractivity contribution >= 4 is 29.3 Å². The monoisotopic (exact) mass is 326 g/mol. The quantitative estimate of drug-likeness (QED) is 0.827. The molecule has 1 aliphatic rings. The molecule has 0 aromatic heterocycles. The zero-order valence-electron chi connectivity index (χ0n) is 12.6. The van der Waals surface area contributed by atoms with Gasteiger partial charge >= 0.3 is 11.8 Å². The molecule has 1 aliphatic heterocycles. The highest BCUT2D eigenvalue weighted by Gasteiger charge is 2.35. The van der Waals surface area contributed by atoms with Crippen LogP contribution in [0.25, 0.3) is 0 Å². The van der Waals surface area contributed by atoms with E-state index in [-0.39, 0.29) is 12.2 Å². The number of hydrogen-bond donors (Lipinski definition) is 2. The van der Waals surface area contributed by atoms with E-state index in [1.807, 2.05) is 0 Å². The molecule has 1 fully saturated rings. The van der Waals surface area contributed by atoms with Crippen LogP contribution in [0, 0.1) is 12.7 Å². The Balaban J connectivity index is 1.89. The van der Waals surface area contributed by atoms with Crippen LogP contribution >= 0.6 is 11.8 Å². The van der Waals surface area contributed by atoms with Crippen LogP contribution in [-0.2, 0) is 14.3 Å². The van der Waals surface area contributed by atoms with Crippen molar-refractivity contribution in [1.82, 2.24) is 5.32 Å². The lowest BCUT2D eigenvalue weighted by Gasteiger charge is -2.26. The minimum Gasteiger partial charge on any atom is -0.376 e. The number of amides is 2. The average Bonchev–Trinajstić information content (AvgIpc) is 2.98. The lowest BCUT2D eigenvalue weighted by atomic mass is 10.0. The van der Waals surface area contributed by atoms with Gasteiger partial charge in [-0.15, -0.1) is 0 Å². The molecule has 1 unspecified atom stereocenters. The van der Waals surface area contributed by atoms with Crippen molar-refractivity contribution in [2.75, 3.05) is 30.5 Å². The molecule has 22 heavy (non-hydrogen) atoms. The second-order valence-corrected chi connectivity index (χ2v) is 6.40. The molecule has 2 rings (SSSR count). The van der Waals surface area contributed by atoms with Gasteiger partial charge in [0.2, 0.25) is 0 Å². The van der Waals surface area contributed by atoms with Gasteiger partial charge < -0.3 is 15.4 Å². The Kier molecular flexibility index (Phi) is 5.42. The molecule has 0 spiro atoms. The first kappa shape index (κ1) is 16.8. The number of nitrogens with one attached hydrogen (secondary N) is 2. The molecule has 5 nitrogen and oxygen atoms in total. The van der Waals surface area contributed by atoms with Gasteiger partial charge in [-0.2, -0.15) is 11.8 Å². The van der Waals surface area contributed by atoms with Crippen LogP contribution in [0.4, 0.5) is 10.1 Å². The van der Waals surface area contributed by atoms with E-state index in [0.717, 1.165) is 17.9 Å². The summed E-state index contributed by atoms with van der Waals surface area (Å²) in [6.07, 6.45) is 0.833. The van der Waals surface area contributed by atoms with Gasteiger partial charge in [0.1, 0.15) is 5.82 Å². The first-order valence-corrected chi connectivity index (χ1v) is 8.09. The van der Waals surface area contributed by atoms with Crippen molar-refractivity contribution in [3.05, 3.63) is 29.6 Å². The maximum atomic E-state index is 13.4. The minimum absolute atomic E-state index is 0.251. The zero-order chi connectivity index (χ0) is 16.2. The molecule has 1 aromatic rings. The molecule has 1 aromatic carbocycles. The number of carbonyl (C=O) groups excluding carboxylic acids is 2. The Hall–Kier alpha value is -1.60. The Morgan fingerprint density at radius 2 is 2.18 bits per heavy atom. The molecule has 1 atom stereocenters. The molecule has 0 saturated carbocycles. The van der Waals surface area contributed by atoms with Crippen LogP contribution in [0.2, 0.25) is 0 Å². The van der Waals surface area contributed by atoms with E-state index < -0.39 is 23.2 Å². The van der Waals surface area contributed by atoms with Gasteiger partial charge in [0, 0.05) is 25.1 Å². The van der Waals surface area contributed by atoms with E-state index in [0.29, 0.717) is 5.56 Å². The van der Waals surface area contributed by atoms with Gasteiger partial charge in [0.05, 0.1) is 5.60 Å². The molecule has 0 radical (unpaired) electrons. The number of thioether (sulfide) groups is 1. The third kappa shape index (κ3) is 3.98. The van der Waals surface area contributed by atoms with Crippen molar-refractivity contribution in [1.29, 1.82) is 0 Å². The third-order valence-electron chi connectivity index (χ3n) is 3.71. The van der Waals surface area contributed by atoms with E-state index in [9.17, 15) is 14.0 Å². The molecule has 2 N–H and O–H groups in total. The topological polar surface area (TPSA) is 67.4 Å². The molecule has 1 heterocycles. The molecule has 0 aliphatic carbocycles. The summed E-state index contributed by atoms with van der Waals surface area (Å²) in [6.45, 7) is 1.91. The fraction of sp³-hybridized carbons (Fsp3) is 0.467. The maximum absolute atomic E-state index is 13.4. The normalized spacial score (nSPS) is 20.7. The summed E-state index contributed by atoms with van der Waals surface area (Å²) in [5, 5.41) is 4.96. The molecule has 1 saturated heterocycles. The Labute approximate surface area is 133 Å². The first-order chi connectivity index (χ1) is 10.5. The van der Waals surface area contributed by atoms with Crippen LogP contribution in [0.1, 0.15) is 12.0 Å². The SMILES string of the molecule is COC1(CNC(=O)C(=O)Nc2ccc(C)c(F)c2)CCSC1. The molecular weight excluding hydrogens is 307 g/mol. The third-order valence-corrected chi connectivity index (χ3v) is 4.93. The highest BCUT2D eigenvalue weighted by molar-refractivity contribution is 7.99. The Morgan fingerprint density at radius 1 is 1.41 bits per heavy atom. The van der Waals surface area contributed by atoms with E-state index in [1.54, 1.807) is 37.9 Å². The summed E-state index contributed by atoms with van der Waals surface area (Å²) in [5.41, 5.74) is 0.320. The second kappa shape index (κ2) is 7.11. The lowest BCUT2D eigenvalue weighted by molar-refractivity contribution is -0.136. The van der Waals surface area contributed by atoms with Gasteiger partial charge in [0.15, 0.2) is 0 Å². The first-order valence-electron chi connectivity index (χ1n) is 6.94. The number of hydrogen-bond acceptors (Lipinski definition) is 4. The van der Waals surface area contributed by atoms with E-state index in [1.165, 1.54) is 6.07 Å². The Morgan fingerprint density at radius 3 is 2.77 bits per heavy atom. The van der Waals surface area contributed by atoms with Crippen LogP contribution in [0.5, 0.6) is 0 Å². The highest BCUT2D eigenvalue weighted by Crippen LogP contribution is 2.30. The molecular formula is C15H19FN2O3S. The van der Waals surface area contributed by atoms with Crippen LogP contribution in [-0.4, -0.2) is 42.6 Å². The van der Waals surface area contributed by atoms with Crippen LogP contribution < -0.4 is 10.6 Å². The molecule has 120 valence electrons. The van der Waals surface area contributed by atoms with E-state index >= 15 is 0 Å². The predicted octanol–water partition coefficient (Wildman–Crippen LogP) is 1.71. The minimum atomic E-state index is -0.819. The number of anilines is 1. The zero-order valence-corrected chi connectivity index (χ0v) is 13.4. The number of aryl methyl sites for hydroxylation is 1. The lowest BCUT2D eigenvalue weighted by Crippen LogP contribution is -2.47. The van der Waals surface area contributed by atoms with Crippen molar-refractivity contribution < 1.29 is 18.7 Å². The number of benzene rings is 1. The smallest absolute Gasteiger partial charge is 0.313 e. The number of methoxy groups -OCH3 is 1. The van der Waals surface area contributed by atoms with Crippen molar-refractivity contribution in [2.45, 2.75) is 18.9 Å². The fourth-order valence-electron chi connectivity index (χ4n) is 2.14. The summed E-state index contributed by atoms with van der Waals surface area (Å²) < 4.78 is 18.9. The van der Waals surface area contributed by atoms with Crippen molar-refractivity contribution in [3.63, 3.8) is 0 Å². The number of halogens is 1. The largest absolute Gasteiger partial charge is 0.376 e. The van der Waals surface area contributed by atoms with Crippen LogP contribution in [0.15, 0.2) is 18.2 Å². The summed E-state index contributed by atoms with van der Waals surface area (Å²) in [7, 11) is 1.60. The summed E-state index contributed by atoms with van der Waals surface area (Å²) in [4.78, 5) is 23.6. The van der Waals surface area contributed by atoms with E-state index in [2.05, 4.69) is 10.6 Å². The number of ether oxygens (including phenoxy) is 1. The maximum Gasteiger partial charge on any atom is 0.313 e. The second-order valence-electron chi connectivity index (χ2n) is 5.29. The highest BCUT2D eigenvalue weighted by atomic mass is 32.2. The fourth-order valence-corrected chi connectivity index (χ4v) is 3.54. The van der Waals surface area contributed by atoms with Gasteiger partial charge in [-0.25, -0.2) is 4.39 Å². The standard InChI is InChI=1S/C15H19FN2O3S/c1-10-3-4-11(7-12(10)16)18-14(20)13(19)17-8-15(21-2)5-6-22-9-15/h3-4,7H,5-6,8-9H2,1-2H3,(H,17,19)(H,18,20). The van der Waals surface area contributed by atoms with Gasteiger partial charge in [-0.05, 0) is 36.8 Å². The summed E-state index contributed by atoms with van der Waals surface area (Å²) >= 11 is 1.75.